The molecule has 1 aliphatic carbocycles. The molecule has 0 radical (unpaired) electrons. The smallest absolute Gasteiger partial charge is 0.350 e. The van der Waals surface area contributed by atoms with Crippen LogP contribution >= 0.6 is 11.6 Å². The van der Waals surface area contributed by atoms with Gasteiger partial charge in [-0.05, 0) is 25.0 Å². The largest absolute Gasteiger partial charge is 0.417 e. The second-order valence-corrected chi connectivity index (χ2v) is 11.5. The average molecular weight is 570 g/mol. The van der Waals surface area contributed by atoms with Crippen molar-refractivity contribution in [3.05, 3.63) is 46.9 Å². The van der Waals surface area contributed by atoms with Crippen LogP contribution in [-0.2, 0) is 16.2 Å². The Labute approximate surface area is 215 Å². The monoisotopic (exact) mass is 569 g/mol. The van der Waals surface area contributed by atoms with Gasteiger partial charge in [-0.15, -0.1) is 0 Å². The van der Waals surface area contributed by atoms with E-state index < -0.39 is 57.5 Å². The molecule has 2 fully saturated rings. The molecule has 0 bridgehead atoms. The van der Waals surface area contributed by atoms with E-state index in [0.29, 0.717) is 0 Å². The molecule has 0 atom stereocenters. The molecule has 4 rings (SSSR count). The number of imidazole rings is 1. The zero-order valence-corrected chi connectivity index (χ0v) is 21.1. The number of nitrogens with one attached hydrogen (secondary N) is 2. The van der Waals surface area contributed by atoms with Gasteiger partial charge in [-0.1, -0.05) is 17.7 Å². The summed E-state index contributed by atoms with van der Waals surface area (Å²) in [5.74, 6) is -3.96. The minimum atomic E-state index is -4.82. The average Bonchev–Trinajstić information content (AvgIpc) is 3.39. The number of piperazine rings is 1. The Morgan fingerprint density at radius 1 is 1.11 bits per heavy atom. The van der Waals surface area contributed by atoms with E-state index in [0.717, 1.165) is 12.1 Å². The lowest BCUT2D eigenvalue weighted by Gasteiger charge is -2.50. The summed E-state index contributed by atoms with van der Waals surface area (Å²) < 4.78 is 95.4. The van der Waals surface area contributed by atoms with E-state index in [1.54, 1.807) is 0 Å². The topological polar surface area (TPSA) is 98.4 Å². The van der Waals surface area contributed by atoms with Crippen LogP contribution in [-0.4, -0.2) is 77.7 Å². The maximum Gasteiger partial charge on any atom is 0.417 e. The van der Waals surface area contributed by atoms with E-state index in [4.69, 9.17) is 11.6 Å². The van der Waals surface area contributed by atoms with E-state index in [2.05, 4.69) is 15.3 Å². The molecule has 1 saturated carbocycles. The summed E-state index contributed by atoms with van der Waals surface area (Å²) >= 11 is 5.93. The predicted molar refractivity (Wildman–Crippen MR) is 124 cm³/mol. The first kappa shape index (κ1) is 27.7. The molecular formula is C22H25ClF5N5O3S. The molecular weight excluding hydrogens is 545 g/mol. The molecule has 0 unspecified atom stereocenters. The number of nitrogens with zero attached hydrogens (tertiary/aromatic N) is 3. The molecule has 1 aliphatic heterocycles. The fourth-order valence-corrected chi connectivity index (χ4v) is 6.51. The molecule has 8 nitrogen and oxygen atoms in total. The van der Waals surface area contributed by atoms with Crippen LogP contribution in [0.1, 0.15) is 41.6 Å². The van der Waals surface area contributed by atoms with Crippen LogP contribution in [0.15, 0.2) is 35.7 Å². The summed E-state index contributed by atoms with van der Waals surface area (Å²) in [4.78, 5) is 21.0. The first-order valence-electron chi connectivity index (χ1n) is 11.5. The predicted octanol–water partition coefficient (Wildman–Crippen LogP) is 3.77. The van der Waals surface area contributed by atoms with Crippen molar-refractivity contribution in [2.24, 2.45) is 0 Å². The third-order valence-electron chi connectivity index (χ3n) is 7.04. The molecule has 1 aromatic carbocycles. The first-order chi connectivity index (χ1) is 17.3. The quantitative estimate of drug-likeness (QED) is 0.516. The number of carbonyl (C=O) groups excluding carboxylic acids is 1. The van der Waals surface area contributed by atoms with Crippen molar-refractivity contribution in [2.75, 3.05) is 32.7 Å². The molecule has 1 saturated heterocycles. The number of sulfonamides is 1. The minimum absolute atomic E-state index is 0.0256. The Hall–Kier alpha value is -2.29. The SMILES string of the molecule is O=C(NCC1(N2CCN(S(=O)(=O)c3cnc[nH]3)CC2)CCC(F)(F)CC1)c1c(Cl)cccc1C(F)(F)F. The molecule has 1 aromatic heterocycles. The van der Waals surface area contributed by atoms with Crippen molar-refractivity contribution < 1.29 is 35.2 Å². The number of halogens is 6. The first-order valence-corrected chi connectivity index (χ1v) is 13.3. The normalized spacial score (nSPS) is 21.0. The zero-order valence-electron chi connectivity index (χ0n) is 19.5. The maximum absolute atomic E-state index is 14.0. The number of H-pyrrole nitrogens is 1. The molecule has 2 heterocycles. The van der Waals surface area contributed by atoms with Crippen molar-refractivity contribution in [3.63, 3.8) is 0 Å². The second-order valence-electron chi connectivity index (χ2n) is 9.23. The Morgan fingerprint density at radius 2 is 1.76 bits per heavy atom. The fourth-order valence-electron chi connectivity index (χ4n) is 4.94. The van der Waals surface area contributed by atoms with Crippen molar-refractivity contribution in [2.45, 2.75) is 48.3 Å². The Bertz CT molecular complexity index is 1220. The molecule has 1 amide bonds. The number of hydrogen-bond donors (Lipinski definition) is 2. The van der Waals surface area contributed by atoms with Crippen LogP contribution in [0.3, 0.4) is 0 Å². The summed E-state index contributed by atoms with van der Waals surface area (Å²) in [6, 6.07) is 3.00. The number of aromatic nitrogens is 2. The molecule has 0 spiro atoms. The number of amides is 1. The highest BCUT2D eigenvalue weighted by Gasteiger charge is 2.48. The highest BCUT2D eigenvalue weighted by molar-refractivity contribution is 7.89. The second kappa shape index (κ2) is 10.1. The van der Waals surface area contributed by atoms with Crippen LogP contribution in [0, 0.1) is 0 Å². The van der Waals surface area contributed by atoms with Crippen molar-refractivity contribution in [1.82, 2.24) is 24.5 Å². The summed E-state index contributed by atoms with van der Waals surface area (Å²) in [5, 5.41) is 2.05. The van der Waals surface area contributed by atoms with Crippen molar-refractivity contribution in [1.29, 1.82) is 0 Å². The number of aromatic amines is 1. The van der Waals surface area contributed by atoms with Gasteiger partial charge in [-0.2, -0.15) is 17.5 Å². The van der Waals surface area contributed by atoms with Crippen molar-refractivity contribution in [3.8, 4) is 0 Å². The van der Waals surface area contributed by atoms with E-state index in [1.165, 1.54) is 22.9 Å². The van der Waals surface area contributed by atoms with Crippen LogP contribution < -0.4 is 5.32 Å². The van der Waals surface area contributed by atoms with Gasteiger partial charge < -0.3 is 10.3 Å². The van der Waals surface area contributed by atoms with Gasteiger partial charge in [0.05, 0.1) is 28.7 Å². The van der Waals surface area contributed by atoms with Gasteiger partial charge in [0, 0.05) is 51.1 Å². The van der Waals surface area contributed by atoms with Crippen LogP contribution in [0.5, 0.6) is 0 Å². The molecule has 37 heavy (non-hydrogen) atoms. The summed E-state index contributed by atoms with van der Waals surface area (Å²) in [6.45, 7) is 0.313. The number of carbonyl (C=O) groups is 1. The number of rotatable bonds is 6. The Morgan fingerprint density at radius 3 is 2.32 bits per heavy atom. The van der Waals surface area contributed by atoms with E-state index in [-0.39, 0.29) is 55.6 Å². The molecule has 204 valence electrons. The number of alkyl halides is 5. The third-order valence-corrected chi connectivity index (χ3v) is 9.18. The van der Waals surface area contributed by atoms with Gasteiger partial charge in [0.25, 0.3) is 15.9 Å². The maximum atomic E-state index is 14.0. The molecule has 2 N–H and O–H groups in total. The third kappa shape index (κ3) is 5.76. The number of benzene rings is 1. The lowest BCUT2D eigenvalue weighted by atomic mass is 9.78. The van der Waals surface area contributed by atoms with Crippen molar-refractivity contribution >= 4 is 27.5 Å². The fraction of sp³-hybridized carbons (Fsp3) is 0.545. The molecule has 15 heteroatoms. The van der Waals surface area contributed by atoms with Gasteiger partial charge in [-0.3, -0.25) is 9.69 Å². The lowest BCUT2D eigenvalue weighted by Crippen LogP contribution is -2.63. The highest BCUT2D eigenvalue weighted by atomic mass is 35.5. The molecule has 2 aromatic rings. The minimum Gasteiger partial charge on any atom is -0.350 e. The van der Waals surface area contributed by atoms with Gasteiger partial charge in [0.15, 0.2) is 5.03 Å². The van der Waals surface area contributed by atoms with Crippen LogP contribution in [0.2, 0.25) is 5.02 Å². The highest BCUT2D eigenvalue weighted by Crippen LogP contribution is 2.42. The van der Waals surface area contributed by atoms with Crippen LogP contribution in [0.4, 0.5) is 22.0 Å². The molecule has 2 aliphatic rings. The Kier molecular flexibility index (Phi) is 7.58. The Balaban J connectivity index is 1.52. The van der Waals surface area contributed by atoms with E-state index >= 15 is 0 Å². The van der Waals surface area contributed by atoms with E-state index in [9.17, 15) is 35.2 Å². The summed E-state index contributed by atoms with van der Waals surface area (Å²) in [7, 11) is -3.82. The summed E-state index contributed by atoms with van der Waals surface area (Å²) in [6.07, 6.45) is -3.37. The lowest BCUT2D eigenvalue weighted by molar-refractivity contribution is -0.138. The summed E-state index contributed by atoms with van der Waals surface area (Å²) in [5.41, 5.74) is -2.91. The van der Waals surface area contributed by atoms with E-state index in [1.807, 2.05) is 4.90 Å². The zero-order chi connectivity index (χ0) is 27.1. The van der Waals surface area contributed by atoms with Gasteiger partial charge in [0.1, 0.15) is 0 Å². The van der Waals surface area contributed by atoms with Gasteiger partial charge >= 0.3 is 6.18 Å². The van der Waals surface area contributed by atoms with Gasteiger partial charge in [-0.25, -0.2) is 22.2 Å². The standard InChI is InChI=1S/C22H25ClF5N5O3S/c23-16-3-1-2-15(22(26,27)28)18(16)19(34)30-13-20(4-6-21(24,25)7-5-20)32-8-10-33(11-9-32)37(35,36)17-12-29-14-31-17/h1-3,12,14H,4-11,13H2,(H,29,31)(H,30,34). The number of hydrogen-bond acceptors (Lipinski definition) is 5. The van der Waals surface area contributed by atoms with Gasteiger partial charge in [0.2, 0.25) is 5.92 Å². The van der Waals surface area contributed by atoms with Crippen LogP contribution in [0.25, 0.3) is 0 Å².